The topological polar surface area (TPSA) is 77.2 Å². The fraction of sp³-hybridized carbons (Fsp3) is 0.290. The highest BCUT2D eigenvalue weighted by Gasteiger charge is 2.55. The third-order valence-corrected chi connectivity index (χ3v) is 7.60. The lowest BCUT2D eigenvalue weighted by Gasteiger charge is -2.37. The highest BCUT2D eigenvalue weighted by Crippen LogP contribution is 2.57. The van der Waals surface area contributed by atoms with Crippen LogP contribution < -0.4 is 20.1 Å². The molecule has 1 spiro atoms. The molecule has 0 atom stereocenters. The molecule has 0 aromatic heterocycles. The van der Waals surface area contributed by atoms with Crippen molar-refractivity contribution in [3.63, 3.8) is 0 Å². The number of anilines is 1. The van der Waals surface area contributed by atoms with Crippen LogP contribution in [0.15, 0.2) is 84.0 Å². The smallest absolute Gasteiger partial charge is 0.238 e. The molecule has 188 valence electrons. The SMILES string of the molecule is COc1ccc(CN2C(=O)C3(CCC3)c3cc(C(C=CN)=Nc4ccccc4)cc(OC4CC4)c32)cc1. The van der Waals surface area contributed by atoms with Crippen LogP contribution in [0, 0.1) is 0 Å². The quantitative estimate of drug-likeness (QED) is 0.403. The lowest BCUT2D eigenvalue weighted by atomic mass is 9.65. The zero-order chi connectivity index (χ0) is 25.4. The molecule has 0 saturated heterocycles. The van der Waals surface area contributed by atoms with E-state index < -0.39 is 5.41 Å². The molecule has 2 aliphatic carbocycles. The van der Waals surface area contributed by atoms with Crippen LogP contribution in [0.5, 0.6) is 11.5 Å². The Kier molecular flexibility index (Phi) is 5.95. The Morgan fingerprint density at radius 3 is 2.49 bits per heavy atom. The molecular formula is C31H31N3O3. The zero-order valence-corrected chi connectivity index (χ0v) is 21.0. The van der Waals surface area contributed by atoms with E-state index in [9.17, 15) is 4.79 Å². The minimum absolute atomic E-state index is 0.165. The third kappa shape index (κ3) is 4.26. The maximum absolute atomic E-state index is 14.0. The molecule has 37 heavy (non-hydrogen) atoms. The average molecular weight is 494 g/mol. The highest BCUT2D eigenvalue weighted by atomic mass is 16.5. The van der Waals surface area contributed by atoms with Crippen LogP contribution in [0.25, 0.3) is 0 Å². The van der Waals surface area contributed by atoms with Gasteiger partial charge in [-0.2, -0.15) is 0 Å². The number of amides is 1. The third-order valence-electron chi connectivity index (χ3n) is 7.60. The van der Waals surface area contributed by atoms with E-state index in [1.165, 1.54) is 6.20 Å². The molecule has 0 unspecified atom stereocenters. The van der Waals surface area contributed by atoms with Crippen LogP contribution in [-0.4, -0.2) is 24.8 Å². The average Bonchev–Trinajstić information content (AvgIpc) is 3.67. The first kappa shape index (κ1) is 23.3. The Hall–Kier alpha value is -4.06. The van der Waals surface area contributed by atoms with Crippen LogP contribution in [0.1, 0.15) is 48.8 Å². The van der Waals surface area contributed by atoms with Crippen LogP contribution in [0.2, 0.25) is 0 Å². The molecule has 0 bridgehead atoms. The van der Waals surface area contributed by atoms with Gasteiger partial charge in [-0.1, -0.05) is 36.8 Å². The predicted molar refractivity (Wildman–Crippen MR) is 146 cm³/mol. The first-order valence-electron chi connectivity index (χ1n) is 12.9. The van der Waals surface area contributed by atoms with Gasteiger partial charge in [0.1, 0.15) is 11.5 Å². The largest absolute Gasteiger partial charge is 0.497 e. The van der Waals surface area contributed by atoms with Crippen molar-refractivity contribution in [1.82, 2.24) is 0 Å². The van der Waals surface area contributed by atoms with Gasteiger partial charge in [-0.15, -0.1) is 0 Å². The molecule has 6 nitrogen and oxygen atoms in total. The lowest BCUT2D eigenvalue weighted by molar-refractivity contribution is -0.126. The second kappa shape index (κ2) is 9.43. The van der Waals surface area contributed by atoms with E-state index in [1.54, 1.807) is 7.11 Å². The van der Waals surface area contributed by atoms with E-state index in [1.807, 2.05) is 71.6 Å². The zero-order valence-electron chi connectivity index (χ0n) is 21.0. The standard InChI is InChI=1S/C31H31N3O3/c1-36-24-10-8-21(9-11-24)20-34-29-26(31(30(34)35)15-5-16-31)18-22(19-28(29)37-25-12-13-25)27(14-17-32)33-23-6-3-2-4-7-23/h2-4,6-11,14,17-19,25H,5,12-13,15-16,20,32H2,1H3. The van der Waals surface area contributed by atoms with Crippen LogP contribution >= 0.6 is 0 Å². The molecule has 1 heterocycles. The number of ether oxygens (including phenoxy) is 2. The van der Waals surface area contributed by atoms with Crippen molar-refractivity contribution in [2.45, 2.75) is 50.2 Å². The van der Waals surface area contributed by atoms with Crippen molar-refractivity contribution in [3.8, 4) is 11.5 Å². The molecular weight excluding hydrogens is 462 g/mol. The van der Waals surface area contributed by atoms with Crippen molar-refractivity contribution >= 4 is 23.0 Å². The Labute approximate surface area is 217 Å². The molecule has 0 radical (unpaired) electrons. The number of nitrogens with two attached hydrogens (primary N) is 1. The summed E-state index contributed by atoms with van der Waals surface area (Å²) in [7, 11) is 1.66. The summed E-state index contributed by atoms with van der Waals surface area (Å²) in [5, 5.41) is 0. The summed E-state index contributed by atoms with van der Waals surface area (Å²) in [5.41, 5.74) is 10.9. The van der Waals surface area contributed by atoms with Crippen LogP contribution in [0.4, 0.5) is 11.4 Å². The Morgan fingerprint density at radius 2 is 1.86 bits per heavy atom. The molecule has 1 aliphatic heterocycles. The van der Waals surface area contributed by atoms with Gasteiger partial charge in [-0.05, 0) is 85.5 Å². The molecule has 3 aromatic rings. The number of aliphatic imine (C=N–C) groups is 1. The molecule has 3 aliphatic rings. The minimum Gasteiger partial charge on any atom is -0.497 e. The summed E-state index contributed by atoms with van der Waals surface area (Å²) in [6.45, 7) is 0.492. The Bertz CT molecular complexity index is 1370. The molecule has 3 aromatic carbocycles. The summed E-state index contributed by atoms with van der Waals surface area (Å²) in [5.74, 6) is 1.72. The second-order valence-electron chi connectivity index (χ2n) is 10.1. The first-order valence-corrected chi connectivity index (χ1v) is 12.9. The number of carbonyl (C=O) groups is 1. The molecule has 2 fully saturated rings. The van der Waals surface area contributed by atoms with Gasteiger partial charge < -0.3 is 20.1 Å². The number of hydrogen-bond acceptors (Lipinski definition) is 5. The number of fused-ring (bicyclic) bond motifs is 2. The first-order chi connectivity index (χ1) is 18.1. The van der Waals surface area contributed by atoms with Gasteiger partial charge in [-0.3, -0.25) is 4.79 Å². The van der Waals surface area contributed by atoms with Crippen LogP contribution in [0.3, 0.4) is 0 Å². The monoisotopic (exact) mass is 493 g/mol. The van der Waals surface area contributed by atoms with E-state index in [4.69, 9.17) is 20.2 Å². The second-order valence-corrected chi connectivity index (χ2v) is 10.1. The van der Waals surface area contributed by atoms with E-state index in [2.05, 4.69) is 6.07 Å². The van der Waals surface area contributed by atoms with E-state index in [0.717, 1.165) is 77.4 Å². The number of rotatable bonds is 8. The van der Waals surface area contributed by atoms with Crippen molar-refractivity contribution in [3.05, 3.63) is 95.7 Å². The number of allylic oxidation sites excluding steroid dienone is 1. The maximum atomic E-state index is 14.0. The minimum atomic E-state index is -0.496. The van der Waals surface area contributed by atoms with Gasteiger partial charge in [0.25, 0.3) is 0 Å². The number of hydrogen-bond donors (Lipinski definition) is 1. The van der Waals surface area contributed by atoms with Gasteiger partial charge in [0.2, 0.25) is 5.91 Å². The van der Waals surface area contributed by atoms with Gasteiger partial charge >= 0.3 is 0 Å². The normalized spacial score (nSPS) is 18.2. The van der Waals surface area contributed by atoms with Crippen LogP contribution in [-0.2, 0) is 16.8 Å². The number of para-hydroxylation sites is 1. The Morgan fingerprint density at radius 1 is 1.11 bits per heavy atom. The van der Waals surface area contributed by atoms with Gasteiger partial charge in [0, 0.05) is 5.56 Å². The van der Waals surface area contributed by atoms with Gasteiger partial charge in [-0.25, -0.2) is 4.99 Å². The van der Waals surface area contributed by atoms with E-state index in [0.29, 0.717) is 6.54 Å². The van der Waals surface area contributed by atoms with E-state index in [-0.39, 0.29) is 12.0 Å². The molecule has 2 N–H and O–H groups in total. The number of nitrogens with zero attached hydrogens (tertiary/aromatic N) is 2. The number of carbonyl (C=O) groups excluding carboxylic acids is 1. The Balaban J connectivity index is 1.47. The fourth-order valence-corrected chi connectivity index (χ4v) is 5.34. The fourth-order valence-electron chi connectivity index (χ4n) is 5.34. The van der Waals surface area contributed by atoms with Gasteiger partial charge in [0.05, 0.1) is 42.3 Å². The van der Waals surface area contributed by atoms with Crippen molar-refractivity contribution in [1.29, 1.82) is 0 Å². The predicted octanol–water partition coefficient (Wildman–Crippen LogP) is 5.80. The summed E-state index contributed by atoms with van der Waals surface area (Å²) in [6.07, 6.45) is 8.32. The van der Waals surface area contributed by atoms with E-state index >= 15 is 0 Å². The number of methoxy groups -OCH3 is 1. The summed E-state index contributed by atoms with van der Waals surface area (Å²) < 4.78 is 11.8. The summed E-state index contributed by atoms with van der Waals surface area (Å²) >= 11 is 0. The number of benzene rings is 3. The molecule has 2 saturated carbocycles. The highest BCUT2D eigenvalue weighted by molar-refractivity contribution is 6.14. The molecule has 6 heteroatoms. The van der Waals surface area contributed by atoms with Crippen molar-refractivity contribution in [2.24, 2.45) is 10.7 Å². The summed E-state index contributed by atoms with van der Waals surface area (Å²) in [4.78, 5) is 20.8. The maximum Gasteiger partial charge on any atom is 0.238 e. The summed E-state index contributed by atoms with van der Waals surface area (Å²) in [6, 6.07) is 21.9. The van der Waals surface area contributed by atoms with Crippen molar-refractivity contribution < 1.29 is 14.3 Å². The molecule has 6 rings (SSSR count). The lowest BCUT2D eigenvalue weighted by Crippen LogP contribution is -2.44. The van der Waals surface area contributed by atoms with Crippen molar-refractivity contribution in [2.75, 3.05) is 12.0 Å². The van der Waals surface area contributed by atoms with Gasteiger partial charge in [0.15, 0.2) is 0 Å². The molecule has 1 amide bonds.